The molecule has 2 N–H and O–H groups in total. The van der Waals surface area contributed by atoms with E-state index in [-0.39, 0.29) is 24.1 Å². The molecule has 3 aromatic rings. The highest BCUT2D eigenvalue weighted by atomic mass is 35.5. The summed E-state index contributed by atoms with van der Waals surface area (Å²) in [5, 5.41) is 6.49. The fraction of sp³-hybridized carbons (Fsp3) is 0.409. The lowest BCUT2D eigenvalue weighted by Gasteiger charge is -2.35. The summed E-state index contributed by atoms with van der Waals surface area (Å²) < 4.78 is 16.0. The lowest BCUT2D eigenvalue weighted by molar-refractivity contribution is 0.257. The Kier molecular flexibility index (Phi) is 5.17. The van der Waals surface area contributed by atoms with Gasteiger partial charge in [-0.25, -0.2) is 19.2 Å². The molecule has 2 saturated heterocycles. The second-order valence-electron chi connectivity index (χ2n) is 8.70. The summed E-state index contributed by atoms with van der Waals surface area (Å²) in [4.78, 5) is 25.8. The first-order valence-corrected chi connectivity index (χ1v) is 10.8. The Hall–Kier alpha value is -2.91. The minimum Gasteiger partial charge on any atom is -0.368 e. The Morgan fingerprint density at radius 3 is 2.81 bits per heavy atom. The Morgan fingerprint density at radius 1 is 1.25 bits per heavy atom. The molecule has 2 unspecified atom stereocenters. The largest absolute Gasteiger partial charge is 0.368 e. The van der Waals surface area contributed by atoms with Gasteiger partial charge in [-0.05, 0) is 32.3 Å². The number of pyridine rings is 2. The molecule has 3 aliphatic rings. The molecule has 10 heteroatoms. The number of nitrogens with one attached hydrogen (secondary N) is 2. The molecule has 2 amide bonds. The van der Waals surface area contributed by atoms with E-state index < -0.39 is 5.82 Å². The molecule has 0 aliphatic carbocycles. The summed E-state index contributed by atoms with van der Waals surface area (Å²) in [6, 6.07) is 4.14. The number of hydrogen-bond acceptors (Lipinski definition) is 5. The number of fused-ring (bicyclic) bond motifs is 4. The first-order chi connectivity index (χ1) is 15.0. The normalized spacial score (nSPS) is 21.6. The van der Waals surface area contributed by atoms with Crippen LogP contribution in [-0.2, 0) is 6.42 Å². The van der Waals surface area contributed by atoms with Crippen LogP contribution >= 0.6 is 12.4 Å². The lowest BCUT2D eigenvalue weighted by Crippen LogP contribution is -2.51. The summed E-state index contributed by atoms with van der Waals surface area (Å²) in [7, 11) is 0. The zero-order valence-electron chi connectivity index (χ0n) is 17.7. The molecule has 2 bridgehead atoms. The third-order valence-corrected chi connectivity index (χ3v) is 6.53. The van der Waals surface area contributed by atoms with Crippen LogP contribution in [0, 0.1) is 12.7 Å². The second-order valence-corrected chi connectivity index (χ2v) is 8.70. The van der Waals surface area contributed by atoms with Crippen LogP contribution in [0.4, 0.5) is 26.4 Å². The number of amides is 2. The number of hydrogen-bond donors (Lipinski definition) is 2. The van der Waals surface area contributed by atoms with E-state index in [0.717, 1.165) is 25.1 Å². The average Bonchev–Trinajstić information content (AvgIpc) is 3.43. The van der Waals surface area contributed by atoms with Crippen molar-refractivity contribution in [1.29, 1.82) is 0 Å². The maximum absolute atomic E-state index is 14.4. The number of carbonyl (C=O) groups is 1. The Balaban J connectivity index is 0.00000216. The molecular weight excluding hydrogens is 433 g/mol. The van der Waals surface area contributed by atoms with Crippen LogP contribution in [0.15, 0.2) is 30.7 Å². The van der Waals surface area contributed by atoms with Crippen LogP contribution in [-0.4, -0.2) is 52.1 Å². The van der Waals surface area contributed by atoms with Crippen molar-refractivity contribution in [1.82, 2.24) is 19.7 Å². The van der Waals surface area contributed by atoms with Gasteiger partial charge in [0.25, 0.3) is 0 Å². The Morgan fingerprint density at radius 2 is 2.03 bits per heavy atom. The van der Waals surface area contributed by atoms with Gasteiger partial charge in [0.15, 0.2) is 11.5 Å². The van der Waals surface area contributed by atoms with Crippen molar-refractivity contribution in [3.05, 3.63) is 47.8 Å². The van der Waals surface area contributed by atoms with E-state index in [1.807, 2.05) is 0 Å². The summed E-state index contributed by atoms with van der Waals surface area (Å²) in [5.74, 6) is 0.224. The second kappa shape index (κ2) is 7.90. The zero-order valence-corrected chi connectivity index (χ0v) is 18.5. The van der Waals surface area contributed by atoms with E-state index in [2.05, 4.69) is 31.6 Å². The van der Waals surface area contributed by atoms with Crippen LogP contribution in [0.2, 0.25) is 0 Å². The molecule has 0 aromatic carbocycles. The molecule has 0 spiro atoms. The SMILES string of the molecule is Cc1cn2cc(NC(=O)N3CCc4c(N5CC6CCC(C5)N6)ccnc43)cc(F)c2n1.Cl. The van der Waals surface area contributed by atoms with Gasteiger partial charge in [-0.1, -0.05) is 0 Å². The van der Waals surface area contributed by atoms with Crippen LogP contribution in [0.5, 0.6) is 0 Å². The summed E-state index contributed by atoms with van der Waals surface area (Å²) in [5.41, 5.74) is 3.65. The van der Waals surface area contributed by atoms with Crippen molar-refractivity contribution >= 4 is 41.3 Å². The zero-order chi connectivity index (χ0) is 21.1. The quantitative estimate of drug-likeness (QED) is 0.618. The molecule has 3 aliphatic heterocycles. The molecule has 6 rings (SSSR count). The minimum atomic E-state index is -0.471. The van der Waals surface area contributed by atoms with Gasteiger partial charge in [0, 0.05) is 67.6 Å². The van der Waals surface area contributed by atoms with Crippen LogP contribution in [0.3, 0.4) is 0 Å². The van der Waals surface area contributed by atoms with Crippen LogP contribution < -0.4 is 20.4 Å². The lowest BCUT2D eigenvalue weighted by atomic mass is 10.1. The molecular formula is C22H25ClFN7O. The molecule has 168 valence electrons. The maximum Gasteiger partial charge on any atom is 0.327 e. The number of nitrogens with zero attached hydrogens (tertiary/aromatic N) is 5. The molecule has 6 heterocycles. The van der Waals surface area contributed by atoms with Gasteiger partial charge in [0.05, 0.1) is 11.4 Å². The number of anilines is 3. The Labute approximate surface area is 191 Å². The Bertz CT molecular complexity index is 1190. The van der Waals surface area contributed by atoms with Crippen LogP contribution in [0.25, 0.3) is 5.65 Å². The van der Waals surface area contributed by atoms with Crippen molar-refractivity contribution < 1.29 is 9.18 Å². The van der Waals surface area contributed by atoms with E-state index in [1.54, 1.807) is 34.8 Å². The molecule has 3 aromatic heterocycles. The van der Waals surface area contributed by atoms with Crippen molar-refractivity contribution in [3.63, 3.8) is 0 Å². The monoisotopic (exact) mass is 457 g/mol. The molecule has 32 heavy (non-hydrogen) atoms. The van der Waals surface area contributed by atoms with E-state index in [0.29, 0.717) is 35.8 Å². The third kappa shape index (κ3) is 3.45. The predicted molar refractivity (Wildman–Crippen MR) is 124 cm³/mol. The fourth-order valence-corrected chi connectivity index (χ4v) is 5.20. The number of rotatable bonds is 2. The molecule has 2 atom stereocenters. The van der Waals surface area contributed by atoms with E-state index in [4.69, 9.17) is 0 Å². The van der Waals surface area contributed by atoms with Gasteiger partial charge in [0.2, 0.25) is 0 Å². The number of urea groups is 1. The molecule has 2 fully saturated rings. The van der Waals surface area contributed by atoms with Crippen molar-refractivity contribution in [2.24, 2.45) is 0 Å². The number of imidazole rings is 1. The number of halogens is 2. The van der Waals surface area contributed by atoms with E-state index in [1.165, 1.54) is 24.6 Å². The van der Waals surface area contributed by atoms with Gasteiger partial charge in [0.1, 0.15) is 5.82 Å². The summed E-state index contributed by atoms with van der Waals surface area (Å²) >= 11 is 0. The van der Waals surface area contributed by atoms with Crippen molar-refractivity contribution in [3.8, 4) is 0 Å². The number of aryl methyl sites for hydroxylation is 1. The fourth-order valence-electron chi connectivity index (χ4n) is 5.20. The highest BCUT2D eigenvalue weighted by molar-refractivity contribution is 6.03. The smallest absolute Gasteiger partial charge is 0.327 e. The maximum atomic E-state index is 14.4. The van der Waals surface area contributed by atoms with Gasteiger partial charge in [-0.2, -0.15) is 0 Å². The number of carbonyl (C=O) groups excluding carboxylic acids is 1. The number of piperazine rings is 1. The van der Waals surface area contributed by atoms with E-state index in [9.17, 15) is 9.18 Å². The average molecular weight is 458 g/mol. The molecule has 0 radical (unpaired) electrons. The first-order valence-electron chi connectivity index (χ1n) is 10.8. The van der Waals surface area contributed by atoms with Crippen molar-refractivity contribution in [2.45, 2.75) is 38.3 Å². The highest BCUT2D eigenvalue weighted by Crippen LogP contribution is 2.36. The standard InChI is InChI=1S/C22H24FN7O.ClH/c1-13-9-29-12-16(8-18(23)21(29)25-13)27-22(31)30-7-5-17-19(4-6-24-20(17)30)28-10-14-2-3-15(11-28)26-14;/h4,6,8-9,12,14-15,26H,2-3,5,7,10-11H2,1H3,(H,27,31);1H. The van der Waals surface area contributed by atoms with Gasteiger partial charge in [-0.15, -0.1) is 12.4 Å². The first kappa shape index (κ1) is 21.0. The minimum absolute atomic E-state index is 0. The summed E-state index contributed by atoms with van der Waals surface area (Å²) in [6.45, 7) is 4.34. The summed E-state index contributed by atoms with van der Waals surface area (Å²) in [6.07, 6.45) is 8.39. The predicted octanol–water partition coefficient (Wildman–Crippen LogP) is 3.13. The van der Waals surface area contributed by atoms with Gasteiger partial charge >= 0.3 is 6.03 Å². The molecule has 8 nitrogen and oxygen atoms in total. The van der Waals surface area contributed by atoms with Gasteiger partial charge < -0.3 is 19.9 Å². The topological polar surface area (TPSA) is 77.8 Å². The van der Waals surface area contributed by atoms with Crippen LogP contribution in [0.1, 0.15) is 24.1 Å². The van der Waals surface area contributed by atoms with Crippen molar-refractivity contribution in [2.75, 3.05) is 34.8 Å². The highest BCUT2D eigenvalue weighted by Gasteiger charge is 2.35. The third-order valence-electron chi connectivity index (χ3n) is 6.53. The van der Waals surface area contributed by atoms with E-state index >= 15 is 0 Å². The molecule has 0 saturated carbocycles. The van der Waals surface area contributed by atoms with Gasteiger partial charge in [-0.3, -0.25) is 4.90 Å². The number of aromatic nitrogens is 3.